The highest BCUT2D eigenvalue weighted by molar-refractivity contribution is 7.17. The number of hydrogen-bond acceptors (Lipinski definition) is 6. The quantitative estimate of drug-likeness (QED) is 0.489. The molecule has 2 aromatic heterocycles. The van der Waals surface area contributed by atoms with Crippen LogP contribution in [-0.2, 0) is 16.1 Å². The lowest BCUT2D eigenvalue weighted by atomic mass is 10.1. The molecule has 2 aromatic carbocycles. The highest BCUT2D eigenvalue weighted by atomic mass is 32.1. The fraction of sp³-hybridized carbons (Fsp3) is 0.240. The molecule has 0 spiro atoms. The first-order valence-corrected chi connectivity index (χ1v) is 11.7. The number of aromatic nitrogens is 2. The van der Waals surface area contributed by atoms with Crippen LogP contribution in [0.5, 0.6) is 0 Å². The highest BCUT2D eigenvalue weighted by Gasteiger charge is 2.15. The van der Waals surface area contributed by atoms with Crippen molar-refractivity contribution in [1.29, 1.82) is 0 Å². The van der Waals surface area contributed by atoms with Gasteiger partial charge >= 0.3 is 0 Å². The average molecular weight is 461 g/mol. The van der Waals surface area contributed by atoms with E-state index in [1.54, 1.807) is 0 Å². The van der Waals surface area contributed by atoms with Crippen LogP contribution in [0, 0.1) is 6.92 Å². The zero-order chi connectivity index (χ0) is 22.8. The minimum absolute atomic E-state index is 0.101. The van der Waals surface area contributed by atoms with Crippen molar-refractivity contribution in [3.63, 3.8) is 0 Å². The zero-order valence-electron chi connectivity index (χ0n) is 18.3. The Balaban J connectivity index is 1.33. The van der Waals surface area contributed by atoms with Gasteiger partial charge in [0.05, 0.1) is 24.9 Å². The van der Waals surface area contributed by atoms with E-state index in [2.05, 4.69) is 15.2 Å². The Morgan fingerprint density at radius 1 is 1.09 bits per heavy atom. The summed E-state index contributed by atoms with van der Waals surface area (Å²) in [5.74, 6) is -0.274. The van der Waals surface area contributed by atoms with Gasteiger partial charge in [0.15, 0.2) is 0 Å². The molecule has 0 unspecified atom stereocenters. The van der Waals surface area contributed by atoms with Gasteiger partial charge in [-0.25, -0.2) is 4.98 Å². The van der Waals surface area contributed by atoms with E-state index in [1.165, 1.54) is 22.2 Å². The molecule has 168 valence electrons. The van der Waals surface area contributed by atoms with Gasteiger partial charge in [-0.2, -0.15) is 0 Å². The summed E-state index contributed by atoms with van der Waals surface area (Å²) in [5, 5.41) is 5.37. The molecular formula is C25H24N4O3S. The Bertz CT molecular complexity index is 1340. The van der Waals surface area contributed by atoms with Crippen LogP contribution in [0.1, 0.15) is 5.56 Å². The number of anilines is 2. The van der Waals surface area contributed by atoms with Crippen molar-refractivity contribution in [2.75, 3.05) is 36.5 Å². The monoisotopic (exact) mass is 460 g/mol. The van der Waals surface area contributed by atoms with E-state index in [4.69, 9.17) is 4.74 Å². The molecule has 3 heterocycles. The van der Waals surface area contributed by atoms with Crippen molar-refractivity contribution in [2.45, 2.75) is 13.5 Å². The summed E-state index contributed by atoms with van der Waals surface area (Å²) in [6, 6.07) is 15.8. The van der Waals surface area contributed by atoms with Crippen LogP contribution >= 0.6 is 11.3 Å². The number of rotatable bonds is 5. The second kappa shape index (κ2) is 9.17. The third kappa shape index (κ3) is 4.53. The maximum absolute atomic E-state index is 13.2. The second-order valence-corrected chi connectivity index (χ2v) is 8.93. The normalized spacial score (nSPS) is 13.9. The minimum atomic E-state index is -0.274. The number of carbonyl (C=O) groups is 1. The zero-order valence-corrected chi connectivity index (χ0v) is 19.1. The van der Waals surface area contributed by atoms with Crippen LogP contribution in [0.25, 0.3) is 21.3 Å². The molecular weight excluding hydrogens is 436 g/mol. The lowest BCUT2D eigenvalue weighted by Crippen LogP contribution is -2.36. The third-order valence-corrected chi connectivity index (χ3v) is 6.65. The molecule has 5 rings (SSSR count). The molecule has 1 amide bonds. The molecule has 8 heteroatoms. The van der Waals surface area contributed by atoms with Crippen molar-refractivity contribution in [2.24, 2.45) is 0 Å². The van der Waals surface area contributed by atoms with E-state index in [1.807, 2.05) is 60.8 Å². The lowest BCUT2D eigenvalue weighted by Gasteiger charge is -2.28. The van der Waals surface area contributed by atoms with Gasteiger partial charge in [-0.15, -0.1) is 11.3 Å². The number of amides is 1. The van der Waals surface area contributed by atoms with E-state index in [-0.39, 0.29) is 18.0 Å². The number of ether oxygens (including phenoxy) is 1. The van der Waals surface area contributed by atoms with E-state index >= 15 is 0 Å². The van der Waals surface area contributed by atoms with Gasteiger partial charge in [0.25, 0.3) is 5.56 Å². The van der Waals surface area contributed by atoms with Crippen molar-refractivity contribution in [1.82, 2.24) is 9.55 Å². The van der Waals surface area contributed by atoms with Gasteiger partial charge in [-0.3, -0.25) is 14.2 Å². The molecule has 1 saturated heterocycles. The molecule has 1 aliphatic heterocycles. The van der Waals surface area contributed by atoms with Gasteiger partial charge in [0.2, 0.25) is 5.91 Å². The number of nitrogens with one attached hydrogen (secondary N) is 1. The molecule has 0 bridgehead atoms. The SMILES string of the molecule is Cc1ccc(-c2csc3ncn(CC(=O)Nc4ccc(N5CCOCC5)cc4)c(=O)c23)cc1. The summed E-state index contributed by atoms with van der Waals surface area (Å²) in [7, 11) is 0. The van der Waals surface area contributed by atoms with E-state index < -0.39 is 0 Å². The molecule has 1 N–H and O–H groups in total. The number of morpholine rings is 1. The number of fused-ring (bicyclic) bond motifs is 1. The van der Waals surface area contributed by atoms with Crippen LogP contribution < -0.4 is 15.8 Å². The molecule has 4 aromatic rings. The number of carbonyl (C=O) groups excluding carboxylic acids is 1. The van der Waals surface area contributed by atoms with Gasteiger partial charge in [0, 0.05) is 35.4 Å². The number of nitrogens with zero attached hydrogens (tertiary/aromatic N) is 3. The largest absolute Gasteiger partial charge is 0.378 e. The summed E-state index contributed by atoms with van der Waals surface area (Å²) in [4.78, 5) is 33.2. The predicted octanol–water partition coefficient (Wildman–Crippen LogP) is 3.91. The van der Waals surface area contributed by atoms with Crippen LogP contribution in [-0.4, -0.2) is 41.8 Å². The summed E-state index contributed by atoms with van der Waals surface area (Å²) < 4.78 is 6.76. The Morgan fingerprint density at radius 2 is 1.82 bits per heavy atom. The van der Waals surface area contributed by atoms with Gasteiger partial charge in [-0.1, -0.05) is 29.8 Å². The van der Waals surface area contributed by atoms with Crippen molar-refractivity contribution >= 4 is 38.8 Å². The fourth-order valence-electron chi connectivity index (χ4n) is 3.96. The van der Waals surface area contributed by atoms with Crippen molar-refractivity contribution in [3.05, 3.63) is 76.2 Å². The number of thiophene rings is 1. The molecule has 0 atom stereocenters. The molecule has 0 radical (unpaired) electrons. The number of hydrogen-bond donors (Lipinski definition) is 1. The molecule has 33 heavy (non-hydrogen) atoms. The molecule has 0 aliphatic carbocycles. The second-order valence-electron chi connectivity index (χ2n) is 8.07. The maximum Gasteiger partial charge on any atom is 0.263 e. The van der Waals surface area contributed by atoms with Crippen LogP contribution in [0.4, 0.5) is 11.4 Å². The Labute approximate surface area is 195 Å². The molecule has 1 fully saturated rings. The first kappa shape index (κ1) is 21.4. The average Bonchev–Trinajstić information content (AvgIpc) is 3.27. The minimum Gasteiger partial charge on any atom is -0.378 e. The van der Waals surface area contributed by atoms with Gasteiger partial charge in [-0.05, 0) is 36.8 Å². The topological polar surface area (TPSA) is 76.5 Å². The smallest absolute Gasteiger partial charge is 0.263 e. The van der Waals surface area contributed by atoms with Gasteiger partial charge in [0.1, 0.15) is 11.4 Å². The van der Waals surface area contributed by atoms with E-state index in [9.17, 15) is 9.59 Å². The number of benzene rings is 2. The van der Waals surface area contributed by atoms with Crippen molar-refractivity contribution in [3.8, 4) is 11.1 Å². The summed E-state index contributed by atoms with van der Waals surface area (Å²) in [6.07, 6.45) is 1.45. The standard InChI is InChI=1S/C25H24N4O3S/c1-17-2-4-18(5-3-17)21-15-33-24-23(21)25(31)29(16-26-24)14-22(30)27-19-6-8-20(9-7-19)28-10-12-32-13-11-28/h2-9,15-16H,10-14H2,1H3,(H,27,30). The van der Waals surface area contributed by atoms with E-state index in [0.29, 0.717) is 15.9 Å². The maximum atomic E-state index is 13.2. The van der Waals surface area contributed by atoms with E-state index in [0.717, 1.165) is 48.7 Å². The van der Waals surface area contributed by atoms with Crippen LogP contribution in [0.2, 0.25) is 0 Å². The fourth-order valence-corrected chi connectivity index (χ4v) is 4.86. The van der Waals surface area contributed by atoms with Crippen molar-refractivity contribution < 1.29 is 9.53 Å². The molecule has 1 aliphatic rings. The third-order valence-electron chi connectivity index (χ3n) is 5.76. The Kier molecular flexibility index (Phi) is 5.93. The highest BCUT2D eigenvalue weighted by Crippen LogP contribution is 2.30. The first-order chi connectivity index (χ1) is 16.1. The van der Waals surface area contributed by atoms with Crippen LogP contribution in [0.3, 0.4) is 0 Å². The molecule has 0 saturated carbocycles. The summed E-state index contributed by atoms with van der Waals surface area (Å²) in [6.45, 7) is 5.09. The number of aryl methyl sites for hydroxylation is 1. The van der Waals surface area contributed by atoms with Crippen LogP contribution in [0.15, 0.2) is 65.0 Å². The molecule has 7 nitrogen and oxygen atoms in total. The first-order valence-electron chi connectivity index (χ1n) is 10.8. The lowest BCUT2D eigenvalue weighted by molar-refractivity contribution is -0.116. The Morgan fingerprint density at radius 3 is 2.55 bits per heavy atom. The van der Waals surface area contributed by atoms with Gasteiger partial charge < -0.3 is 15.0 Å². The Hall–Kier alpha value is -3.49. The summed E-state index contributed by atoms with van der Waals surface area (Å²) >= 11 is 1.43. The summed E-state index contributed by atoms with van der Waals surface area (Å²) in [5.41, 5.74) is 4.55. The predicted molar refractivity (Wildman–Crippen MR) is 132 cm³/mol.